The Bertz CT molecular complexity index is 506. The van der Waals surface area contributed by atoms with Crippen LogP contribution in [-0.2, 0) is 16.0 Å². The van der Waals surface area contributed by atoms with E-state index >= 15 is 0 Å². The molecule has 22 heavy (non-hydrogen) atoms. The Morgan fingerprint density at radius 1 is 0.955 bits per heavy atom. The molecule has 0 spiro atoms. The summed E-state index contributed by atoms with van der Waals surface area (Å²) in [6.07, 6.45) is 0.177. The normalized spacial score (nSPS) is 9.82. The number of nitrogens with one attached hydrogen (secondary N) is 2. The predicted octanol–water partition coefficient (Wildman–Crippen LogP) is 0.507. The van der Waals surface area contributed by atoms with E-state index in [0.29, 0.717) is 30.3 Å². The van der Waals surface area contributed by atoms with Gasteiger partial charge in [0.1, 0.15) is 0 Å². The minimum absolute atomic E-state index is 0.126. The first-order valence-electron chi connectivity index (χ1n) is 6.81. The standard InChI is InChI=1S/C15H22N2O5/c1-10(18)16-5-6-17-14(19)9-11-7-12(20-2)15(22-4)13(8-11)21-3/h7-8H,5-6,9H2,1-4H3,(H,16,18)(H,17,19). The summed E-state index contributed by atoms with van der Waals surface area (Å²) in [7, 11) is 4.57. The highest BCUT2D eigenvalue weighted by Crippen LogP contribution is 2.38. The van der Waals surface area contributed by atoms with E-state index in [4.69, 9.17) is 14.2 Å². The van der Waals surface area contributed by atoms with Crippen LogP contribution in [0.5, 0.6) is 17.2 Å². The molecule has 2 amide bonds. The van der Waals surface area contributed by atoms with E-state index in [1.165, 1.54) is 28.3 Å². The molecule has 2 N–H and O–H groups in total. The Kier molecular flexibility index (Phi) is 7.01. The van der Waals surface area contributed by atoms with Crippen LogP contribution < -0.4 is 24.8 Å². The second-order valence-corrected chi connectivity index (χ2v) is 4.54. The minimum Gasteiger partial charge on any atom is -0.493 e. The number of hydrogen-bond acceptors (Lipinski definition) is 5. The molecule has 7 nitrogen and oxygen atoms in total. The zero-order valence-corrected chi connectivity index (χ0v) is 13.3. The SMILES string of the molecule is COc1cc(CC(=O)NCCNC(C)=O)cc(OC)c1OC. The molecule has 1 aromatic carbocycles. The molecular formula is C15H22N2O5. The van der Waals surface area contributed by atoms with Crippen molar-refractivity contribution < 1.29 is 23.8 Å². The van der Waals surface area contributed by atoms with Crippen molar-refractivity contribution >= 4 is 11.8 Å². The van der Waals surface area contributed by atoms with E-state index in [9.17, 15) is 9.59 Å². The van der Waals surface area contributed by atoms with Gasteiger partial charge < -0.3 is 24.8 Å². The van der Waals surface area contributed by atoms with Gasteiger partial charge in [-0.3, -0.25) is 9.59 Å². The van der Waals surface area contributed by atoms with Crippen LogP contribution in [0.4, 0.5) is 0 Å². The molecule has 0 saturated heterocycles. The summed E-state index contributed by atoms with van der Waals surface area (Å²) in [6, 6.07) is 3.46. The molecule has 0 radical (unpaired) electrons. The van der Waals surface area contributed by atoms with Crippen molar-refractivity contribution in [3.05, 3.63) is 17.7 Å². The van der Waals surface area contributed by atoms with Crippen molar-refractivity contribution in [2.24, 2.45) is 0 Å². The first-order valence-corrected chi connectivity index (χ1v) is 6.81. The van der Waals surface area contributed by atoms with E-state index in [0.717, 1.165) is 5.56 Å². The van der Waals surface area contributed by atoms with Crippen LogP contribution >= 0.6 is 0 Å². The summed E-state index contributed by atoms with van der Waals surface area (Å²) < 4.78 is 15.7. The molecule has 0 aliphatic rings. The van der Waals surface area contributed by atoms with Crippen LogP contribution in [0.2, 0.25) is 0 Å². The fourth-order valence-corrected chi connectivity index (χ4v) is 1.93. The second kappa shape index (κ2) is 8.76. The number of benzene rings is 1. The van der Waals surface area contributed by atoms with Gasteiger partial charge in [-0.2, -0.15) is 0 Å². The van der Waals surface area contributed by atoms with Crippen molar-refractivity contribution in [2.75, 3.05) is 34.4 Å². The molecule has 0 saturated carbocycles. The number of carbonyl (C=O) groups is 2. The summed E-state index contributed by atoms with van der Waals surface area (Å²) in [5.74, 6) is 1.21. The molecule has 0 aliphatic carbocycles. The van der Waals surface area contributed by atoms with Gasteiger partial charge in [0.25, 0.3) is 0 Å². The van der Waals surface area contributed by atoms with E-state index in [2.05, 4.69) is 10.6 Å². The van der Waals surface area contributed by atoms with Crippen molar-refractivity contribution in [3.8, 4) is 17.2 Å². The van der Waals surface area contributed by atoms with Gasteiger partial charge in [0.05, 0.1) is 27.8 Å². The molecule has 0 unspecified atom stereocenters. The van der Waals surface area contributed by atoms with E-state index in [1.807, 2.05) is 0 Å². The van der Waals surface area contributed by atoms with Gasteiger partial charge in [0.2, 0.25) is 17.6 Å². The van der Waals surface area contributed by atoms with E-state index in [1.54, 1.807) is 12.1 Å². The third-order valence-electron chi connectivity index (χ3n) is 2.91. The number of methoxy groups -OCH3 is 3. The summed E-state index contributed by atoms with van der Waals surface area (Å²) in [6.45, 7) is 2.21. The lowest BCUT2D eigenvalue weighted by Crippen LogP contribution is -2.34. The third kappa shape index (κ3) is 5.16. The Morgan fingerprint density at radius 2 is 1.50 bits per heavy atom. The Labute approximate surface area is 129 Å². The molecule has 0 aliphatic heterocycles. The van der Waals surface area contributed by atoms with Gasteiger partial charge >= 0.3 is 0 Å². The predicted molar refractivity (Wildman–Crippen MR) is 81.5 cm³/mol. The van der Waals surface area contributed by atoms with Gasteiger partial charge in [-0.05, 0) is 17.7 Å². The first-order chi connectivity index (χ1) is 10.5. The maximum atomic E-state index is 11.9. The smallest absolute Gasteiger partial charge is 0.224 e. The zero-order chi connectivity index (χ0) is 16.5. The topological polar surface area (TPSA) is 85.9 Å². The Morgan fingerprint density at radius 3 is 1.95 bits per heavy atom. The fraction of sp³-hybridized carbons (Fsp3) is 0.467. The quantitative estimate of drug-likeness (QED) is 0.683. The van der Waals surface area contributed by atoms with Gasteiger partial charge in [-0.1, -0.05) is 0 Å². The summed E-state index contributed by atoms with van der Waals surface area (Å²) in [5, 5.41) is 5.33. The van der Waals surface area contributed by atoms with Crippen LogP contribution in [0, 0.1) is 0 Å². The molecule has 1 aromatic rings. The summed E-state index contributed by atoms with van der Waals surface area (Å²) in [4.78, 5) is 22.6. The van der Waals surface area contributed by atoms with Crippen LogP contribution in [-0.4, -0.2) is 46.2 Å². The van der Waals surface area contributed by atoms with Gasteiger partial charge in [0, 0.05) is 20.0 Å². The zero-order valence-electron chi connectivity index (χ0n) is 13.3. The molecule has 0 heterocycles. The first kappa shape index (κ1) is 17.6. The third-order valence-corrected chi connectivity index (χ3v) is 2.91. The van der Waals surface area contributed by atoms with Gasteiger partial charge in [-0.15, -0.1) is 0 Å². The van der Waals surface area contributed by atoms with Gasteiger partial charge in [0.15, 0.2) is 11.5 Å². The molecule has 0 atom stereocenters. The number of carbonyl (C=O) groups excluding carboxylic acids is 2. The Hall–Kier alpha value is -2.44. The molecule has 0 bridgehead atoms. The van der Waals surface area contributed by atoms with E-state index < -0.39 is 0 Å². The maximum Gasteiger partial charge on any atom is 0.224 e. The molecular weight excluding hydrogens is 288 g/mol. The number of ether oxygens (including phenoxy) is 3. The Balaban J connectivity index is 2.68. The maximum absolute atomic E-state index is 11.9. The monoisotopic (exact) mass is 310 g/mol. The molecule has 122 valence electrons. The lowest BCUT2D eigenvalue weighted by Gasteiger charge is -2.14. The molecule has 1 rings (SSSR count). The van der Waals surface area contributed by atoms with Crippen molar-refractivity contribution in [1.82, 2.24) is 10.6 Å². The summed E-state index contributed by atoms with van der Waals surface area (Å²) >= 11 is 0. The van der Waals surface area contributed by atoms with Gasteiger partial charge in [-0.25, -0.2) is 0 Å². The van der Waals surface area contributed by atoms with Crippen LogP contribution in [0.25, 0.3) is 0 Å². The van der Waals surface area contributed by atoms with Crippen LogP contribution in [0.3, 0.4) is 0 Å². The molecule has 0 fully saturated rings. The average molecular weight is 310 g/mol. The largest absolute Gasteiger partial charge is 0.493 e. The fourth-order valence-electron chi connectivity index (χ4n) is 1.93. The number of hydrogen-bond donors (Lipinski definition) is 2. The average Bonchev–Trinajstić information content (AvgIpc) is 2.50. The van der Waals surface area contributed by atoms with Crippen molar-refractivity contribution in [3.63, 3.8) is 0 Å². The molecule has 7 heteroatoms. The van der Waals surface area contributed by atoms with Crippen molar-refractivity contribution in [2.45, 2.75) is 13.3 Å². The lowest BCUT2D eigenvalue weighted by atomic mass is 10.1. The van der Waals surface area contributed by atoms with E-state index in [-0.39, 0.29) is 18.2 Å². The highest BCUT2D eigenvalue weighted by atomic mass is 16.5. The number of amides is 2. The van der Waals surface area contributed by atoms with Crippen LogP contribution in [0.15, 0.2) is 12.1 Å². The minimum atomic E-state index is -0.153. The summed E-state index contributed by atoms with van der Waals surface area (Å²) in [5.41, 5.74) is 0.742. The molecule has 0 aromatic heterocycles. The second-order valence-electron chi connectivity index (χ2n) is 4.54. The highest BCUT2D eigenvalue weighted by molar-refractivity contribution is 5.79. The highest BCUT2D eigenvalue weighted by Gasteiger charge is 2.14. The number of rotatable bonds is 8. The van der Waals surface area contributed by atoms with Crippen molar-refractivity contribution in [1.29, 1.82) is 0 Å². The lowest BCUT2D eigenvalue weighted by molar-refractivity contribution is -0.121. The van der Waals surface area contributed by atoms with Crippen LogP contribution in [0.1, 0.15) is 12.5 Å².